The molecule has 0 bridgehead atoms. The molecule has 1 aliphatic carbocycles. The molecule has 42 heavy (non-hydrogen) atoms. The second-order valence-electron chi connectivity index (χ2n) is 11.5. The average molecular weight is 579 g/mol. The molecule has 12 nitrogen and oxygen atoms in total. The summed E-state index contributed by atoms with van der Waals surface area (Å²) in [6.45, 7) is 3.69. The van der Waals surface area contributed by atoms with Gasteiger partial charge >= 0.3 is 0 Å². The van der Waals surface area contributed by atoms with Crippen molar-refractivity contribution >= 4 is 17.7 Å². The summed E-state index contributed by atoms with van der Waals surface area (Å²) in [5, 5.41) is 16.5. The van der Waals surface area contributed by atoms with Gasteiger partial charge in [0.15, 0.2) is 0 Å². The molecule has 3 amide bonds. The third kappa shape index (κ3) is 6.99. The molecule has 0 spiro atoms. The Kier molecular flexibility index (Phi) is 9.53. The molecule has 1 aromatic carbocycles. The van der Waals surface area contributed by atoms with E-state index in [2.05, 4.69) is 21.0 Å². The molecule has 2 saturated heterocycles. The molecule has 0 aromatic heterocycles. The molecule has 0 radical (unpaired) electrons. The van der Waals surface area contributed by atoms with Crippen LogP contribution in [0.3, 0.4) is 0 Å². The minimum Gasteiger partial charge on any atom is -0.497 e. The summed E-state index contributed by atoms with van der Waals surface area (Å²) in [4.78, 5) is 43.3. The highest BCUT2D eigenvalue weighted by atomic mass is 16.5. The van der Waals surface area contributed by atoms with Crippen molar-refractivity contribution in [2.75, 3.05) is 53.4 Å². The quantitative estimate of drug-likeness (QED) is 0.376. The number of nitrogens with one attached hydrogen (secondary N) is 2. The molecule has 0 saturated carbocycles. The summed E-state index contributed by atoms with van der Waals surface area (Å²) in [6.07, 6.45) is 6.43. The van der Waals surface area contributed by atoms with Crippen molar-refractivity contribution in [3.8, 4) is 5.75 Å². The zero-order chi connectivity index (χ0) is 29.6. The van der Waals surface area contributed by atoms with Crippen LogP contribution in [0.1, 0.15) is 31.2 Å². The van der Waals surface area contributed by atoms with E-state index in [-0.39, 0.29) is 42.5 Å². The molecule has 4 unspecified atom stereocenters. The summed E-state index contributed by atoms with van der Waals surface area (Å²) < 4.78 is 5.27. The lowest BCUT2D eigenvalue weighted by atomic mass is 9.96. The van der Waals surface area contributed by atoms with E-state index in [1.807, 2.05) is 48.4 Å². The fourth-order valence-electron chi connectivity index (χ4n) is 6.15. The summed E-state index contributed by atoms with van der Waals surface area (Å²) in [7, 11) is 3.50. The number of likely N-dealkylation sites (N-methyl/N-ethyl adjacent to an activating group) is 1. The van der Waals surface area contributed by atoms with E-state index < -0.39 is 12.1 Å². The van der Waals surface area contributed by atoms with Gasteiger partial charge in [0.25, 0.3) is 0 Å². The molecule has 4 aliphatic rings. The summed E-state index contributed by atoms with van der Waals surface area (Å²) in [6, 6.07) is 6.38. The number of fused-ring (bicyclic) bond motifs is 1. The van der Waals surface area contributed by atoms with Crippen LogP contribution in [0.4, 0.5) is 0 Å². The van der Waals surface area contributed by atoms with Gasteiger partial charge in [-0.3, -0.25) is 19.4 Å². The van der Waals surface area contributed by atoms with Crippen molar-refractivity contribution in [2.45, 2.75) is 50.2 Å². The molecule has 3 heterocycles. The van der Waals surface area contributed by atoms with E-state index in [1.165, 1.54) is 0 Å². The normalized spacial score (nSPS) is 24.2. The number of carbonyl (C=O) groups is 3. The van der Waals surface area contributed by atoms with Crippen LogP contribution in [0, 0.1) is 5.92 Å². The first-order chi connectivity index (χ1) is 20.3. The second-order valence-corrected chi connectivity index (χ2v) is 11.5. The number of ether oxygens (including phenoxy) is 1. The van der Waals surface area contributed by atoms with E-state index in [0.717, 1.165) is 42.1 Å². The number of nitrogens with zero attached hydrogens (tertiary/aromatic N) is 5. The number of piperazine rings is 1. The summed E-state index contributed by atoms with van der Waals surface area (Å²) >= 11 is 0. The van der Waals surface area contributed by atoms with Crippen LogP contribution in [-0.4, -0.2) is 104 Å². The number of hydrogen-bond acceptors (Lipinski definition) is 9. The van der Waals surface area contributed by atoms with Crippen molar-refractivity contribution < 1.29 is 19.1 Å². The molecule has 3 aliphatic heterocycles. The molecule has 12 heteroatoms. The highest BCUT2D eigenvalue weighted by Crippen LogP contribution is 2.30. The number of carbonyl (C=O) groups excluding carboxylic acids is 3. The average Bonchev–Trinajstić information content (AvgIpc) is 3.62. The Morgan fingerprint density at radius 1 is 1.17 bits per heavy atom. The van der Waals surface area contributed by atoms with E-state index in [9.17, 15) is 14.4 Å². The largest absolute Gasteiger partial charge is 0.497 e. The van der Waals surface area contributed by atoms with Crippen LogP contribution in [-0.2, 0) is 20.8 Å². The number of nitrogens with two attached hydrogens (primary N) is 1. The molecule has 4 N–H and O–H groups in total. The molecule has 4 atom stereocenters. The Labute approximate surface area is 247 Å². The van der Waals surface area contributed by atoms with Gasteiger partial charge in [-0.25, -0.2) is 0 Å². The maximum atomic E-state index is 13.6. The van der Waals surface area contributed by atoms with E-state index >= 15 is 0 Å². The number of amides is 3. The monoisotopic (exact) mass is 578 g/mol. The summed E-state index contributed by atoms with van der Waals surface area (Å²) in [5.74, 6) is 0.426. The Hall–Kier alpha value is -3.77. The van der Waals surface area contributed by atoms with Crippen molar-refractivity contribution in [2.24, 2.45) is 22.0 Å². The lowest BCUT2D eigenvalue weighted by molar-refractivity contribution is -0.140. The Bertz CT molecular complexity index is 1240. The Balaban J connectivity index is 1.22. The predicted octanol–water partition coefficient (Wildman–Crippen LogP) is 1.01. The van der Waals surface area contributed by atoms with E-state index in [1.54, 1.807) is 17.0 Å². The fourth-order valence-corrected chi connectivity index (χ4v) is 6.15. The zero-order valence-electron chi connectivity index (χ0n) is 24.5. The van der Waals surface area contributed by atoms with Crippen LogP contribution < -0.4 is 21.1 Å². The van der Waals surface area contributed by atoms with Crippen molar-refractivity contribution in [1.29, 1.82) is 0 Å². The minimum atomic E-state index is -0.846. The Morgan fingerprint density at radius 3 is 2.67 bits per heavy atom. The first kappa shape index (κ1) is 29.7. The molecule has 1 aromatic rings. The highest BCUT2D eigenvalue weighted by Gasteiger charge is 2.41. The van der Waals surface area contributed by atoms with Gasteiger partial charge in [0.2, 0.25) is 17.7 Å². The predicted molar refractivity (Wildman–Crippen MR) is 157 cm³/mol. The van der Waals surface area contributed by atoms with Gasteiger partial charge in [0.1, 0.15) is 17.8 Å². The zero-order valence-corrected chi connectivity index (χ0v) is 24.5. The molecular weight excluding hydrogens is 536 g/mol. The van der Waals surface area contributed by atoms with Gasteiger partial charge in [0, 0.05) is 59.2 Å². The lowest BCUT2D eigenvalue weighted by Gasteiger charge is -2.29. The van der Waals surface area contributed by atoms with Crippen LogP contribution in [0.15, 0.2) is 58.0 Å². The summed E-state index contributed by atoms with van der Waals surface area (Å²) in [5.41, 5.74) is 9.58. The fraction of sp³-hybridized carbons (Fsp3) is 0.567. The number of rotatable bonds is 10. The van der Waals surface area contributed by atoms with Gasteiger partial charge in [-0.05, 0) is 54.5 Å². The van der Waals surface area contributed by atoms with Gasteiger partial charge in [-0.15, -0.1) is 0 Å². The van der Waals surface area contributed by atoms with Gasteiger partial charge in [-0.2, -0.15) is 5.11 Å². The molecule has 5 rings (SSSR count). The second kappa shape index (κ2) is 13.5. The van der Waals surface area contributed by atoms with Crippen LogP contribution in [0.2, 0.25) is 0 Å². The number of hydrogen-bond donors (Lipinski definition) is 3. The first-order valence-electron chi connectivity index (χ1n) is 14.8. The minimum absolute atomic E-state index is 0.0128. The standard InChI is InChI=1S/C30H42N8O4/c1-36-26-9-5-21(16-25(26)34-35-36)18-33-29(40)27-17-22(15-20-3-6-23(42-2)7-4-20)19-38(27)30(41)24(31)8-10-28(39)37-13-11-32-12-14-37/h3-7,9,22,24-25,27,32H,8,10-19,31H2,1-2H3,(H,33,40). The van der Waals surface area contributed by atoms with E-state index in [4.69, 9.17) is 10.5 Å². The smallest absolute Gasteiger partial charge is 0.243 e. The van der Waals surface area contributed by atoms with Gasteiger partial charge in [-0.1, -0.05) is 23.4 Å². The third-order valence-electron chi connectivity index (χ3n) is 8.59. The van der Waals surface area contributed by atoms with Crippen LogP contribution in [0.25, 0.3) is 0 Å². The Morgan fingerprint density at radius 2 is 1.93 bits per heavy atom. The maximum absolute atomic E-state index is 13.6. The van der Waals surface area contributed by atoms with Crippen molar-refractivity contribution in [3.63, 3.8) is 0 Å². The van der Waals surface area contributed by atoms with Crippen LogP contribution in [0.5, 0.6) is 5.75 Å². The van der Waals surface area contributed by atoms with Crippen molar-refractivity contribution in [3.05, 3.63) is 53.3 Å². The van der Waals surface area contributed by atoms with Gasteiger partial charge in [0.05, 0.1) is 18.8 Å². The lowest BCUT2D eigenvalue weighted by Crippen LogP contribution is -2.52. The van der Waals surface area contributed by atoms with E-state index in [0.29, 0.717) is 39.0 Å². The number of methoxy groups -OCH3 is 1. The van der Waals surface area contributed by atoms with Crippen LogP contribution >= 0.6 is 0 Å². The molecule has 2 fully saturated rings. The first-order valence-corrected chi connectivity index (χ1v) is 14.8. The number of allylic oxidation sites excluding steroid dienone is 2. The molecule has 226 valence electrons. The topological polar surface area (TPSA) is 145 Å². The van der Waals surface area contributed by atoms with Gasteiger partial charge < -0.3 is 30.9 Å². The van der Waals surface area contributed by atoms with Crippen molar-refractivity contribution in [1.82, 2.24) is 25.4 Å². The number of likely N-dealkylation sites (tertiary alicyclic amines) is 1. The maximum Gasteiger partial charge on any atom is 0.243 e. The molecular formula is C30H42N8O4. The third-order valence-corrected chi connectivity index (χ3v) is 8.59. The SMILES string of the molecule is COc1ccc(CC2CC(C(=O)NCC3=CC=C4C(C3)N=NN4C)N(C(=O)C(N)CCC(=O)N3CCNCC3)C2)cc1. The highest BCUT2D eigenvalue weighted by molar-refractivity contribution is 5.91. The number of benzene rings is 1.